The van der Waals surface area contributed by atoms with Gasteiger partial charge in [0.25, 0.3) is 0 Å². The molecular formula is C25H40N2O2. The van der Waals surface area contributed by atoms with Gasteiger partial charge in [-0.15, -0.1) is 0 Å². The van der Waals surface area contributed by atoms with Gasteiger partial charge in [0.05, 0.1) is 5.92 Å². The van der Waals surface area contributed by atoms with Crippen LogP contribution >= 0.6 is 0 Å². The van der Waals surface area contributed by atoms with Crippen LogP contribution in [0, 0.1) is 34.0 Å². The smallest absolute Gasteiger partial charge is 0.311 e. The van der Waals surface area contributed by atoms with Crippen molar-refractivity contribution in [2.75, 3.05) is 39.8 Å². The van der Waals surface area contributed by atoms with Gasteiger partial charge < -0.3 is 14.5 Å². The zero-order valence-corrected chi connectivity index (χ0v) is 19.2. The minimum Gasteiger partial charge on any atom is -0.461 e. The first-order valence-corrected chi connectivity index (χ1v) is 11.9. The van der Waals surface area contributed by atoms with Crippen molar-refractivity contribution in [3.05, 3.63) is 11.6 Å². The third-order valence-corrected chi connectivity index (χ3v) is 8.90. The van der Waals surface area contributed by atoms with E-state index >= 15 is 0 Å². The zero-order chi connectivity index (χ0) is 20.6. The number of hydrogen-bond acceptors (Lipinski definition) is 4. The van der Waals surface area contributed by atoms with Crippen LogP contribution in [0.3, 0.4) is 0 Å². The molecule has 5 aliphatic rings. The Balaban J connectivity index is 1.37. The molecule has 0 N–H and O–H groups in total. The maximum absolute atomic E-state index is 13.0. The monoisotopic (exact) mass is 400 g/mol. The van der Waals surface area contributed by atoms with Crippen LogP contribution in [0.5, 0.6) is 0 Å². The first kappa shape index (κ1) is 20.1. The molecule has 0 spiro atoms. The molecular weight excluding hydrogens is 360 g/mol. The van der Waals surface area contributed by atoms with Gasteiger partial charge in [-0.3, -0.25) is 4.79 Å². The van der Waals surface area contributed by atoms with E-state index in [0.29, 0.717) is 16.7 Å². The highest BCUT2D eigenvalue weighted by molar-refractivity contribution is 5.76. The number of ether oxygens (including phenoxy) is 1. The molecule has 4 fully saturated rings. The number of fused-ring (bicyclic) bond motifs is 4. The molecule has 2 aliphatic carbocycles. The molecule has 0 amide bonds. The van der Waals surface area contributed by atoms with Gasteiger partial charge in [0.1, 0.15) is 6.10 Å². The van der Waals surface area contributed by atoms with E-state index in [4.69, 9.17) is 4.74 Å². The topological polar surface area (TPSA) is 32.8 Å². The summed E-state index contributed by atoms with van der Waals surface area (Å²) in [5.74, 6) is 1.04. The summed E-state index contributed by atoms with van der Waals surface area (Å²) < 4.78 is 6.01. The predicted molar refractivity (Wildman–Crippen MR) is 115 cm³/mol. The van der Waals surface area contributed by atoms with E-state index in [2.05, 4.69) is 50.6 Å². The van der Waals surface area contributed by atoms with Crippen molar-refractivity contribution in [2.45, 2.75) is 65.9 Å². The number of likely N-dealkylation sites (tertiary alicyclic amines) is 2. The fraction of sp³-hybridized carbons (Fsp3) is 0.880. The van der Waals surface area contributed by atoms with Gasteiger partial charge >= 0.3 is 5.97 Å². The third kappa shape index (κ3) is 3.39. The van der Waals surface area contributed by atoms with E-state index in [9.17, 15) is 4.79 Å². The first-order chi connectivity index (χ1) is 13.6. The first-order valence-electron chi connectivity index (χ1n) is 11.9. The van der Waals surface area contributed by atoms with Crippen molar-refractivity contribution in [3.63, 3.8) is 0 Å². The molecule has 0 radical (unpaired) electrons. The number of nitrogens with zero attached hydrogens (tertiary/aromatic N) is 2. The number of piperidine rings is 2. The number of allylic oxidation sites excluding steroid dienone is 1. The van der Waals surface area contributed by atoms with Crippen molar-refractivity contribution in [2.24, 2.45) is 34.0 Å². The third-order valence-electron chi connectivity index (χ3n) is 8.90. The highest BCUT2D eigenvalue weighted by Crippen LogP contribution is 2.54. The van der Waals surface area contributed by atoms with Crippen molar-refractivity contribution < 1.29 is 9.53 Å². The van der Waals surface area contributed by atoms with Gasteiger partial charge in [-0.2, -0.15) is 0 Å². The Morgan fingerprint density at radius 1 is 1.14 bits per heavy atom. The average Bonchev–Trinajstić information content (AvgIpc) is 2.84. The Kier molecular flexibility index (Phi) is 4.54. The van der Waals surface area contributed by atoms with Crippen molar-refractivity contribution in [1.82, 2.24) is 9.80 Å². The number of carbonyl (C=O) groups is 1. The summed E-state index contributed by atoms with van der Waals surface area (Å²) in [4.78, 5) is 18.1. The van der Waals surface area contributed by atoms with E-state index in [0.717, 1.165) is 26.1 Å². The summed E-state index contributed by atoms with van der Waals surface area (Å²) in [7, 11) is 2.26. The molecule has 5 rings (SSSR count). The van der Waals surface area contributed by atoms with Crippen molar-refractivity contribution in [3.8, 4) is 0 Å². The summed E-state index contributed by atoms with van der Waals surface area (Å²) in [5.41, 5.74) is 2.55. The van der Waals surface area contributed by atoms with Crippen LogP contribution in [-0.2, 0) is 9.53 Å². The van der Waals surface area contributed by atoms with Crippen LogP contribution in [0.15, 0.2) is 11.6 Å². The molecule has 162 valence electrons. The number of carbonyl (C=O) groups excluding carboxylic acids is 1. The number of rotatable bonds is 2. The van der Waals surface area contributed by atoms with E-state index in [1.54, 1.807) is 5.57 Å². The predicted octanol–water partition coefficient (Wildman–Crippen LogP) is 3.96. The largest absolute Gasteiger partial charge is 0.461 e. The molecule has 29 heavy (non-hydrogen) atoms. The lowest BCUT2D eigenvalue weighted by Crippen LogP contribution is -2.62. The molecule has 1 saturated carbocycles. The van der Waals surface area contributed by atoms with Gasteiger partial charge in [0, 0.05) is 38.6 Å². The minimum atomic E-state index is 0.0231. The Hall–Kier alpha value is -0.870. The summed E-state index contributed by atoms with van der Waals surface area (Å²) in [6.07, 6.45) is 8.82. The van der Waals surface area contributed by atoms with Gasteiger partial charge in [-0.1, -0.05) is 45.8 Å². The van der Waals surface area contributed by atoms with E-state index in [1.807, 2.05) is 0 Å². The minimum absolute atomic E-state index is 0.0231. The highest BCUT2D eigenvalue weighted by Gasteiger charge is 2.53. The van der Waals surface area contributed by atoms with Crippen LogP contribution < -0.4 is 0 Å². The Bertz CT molecular complexity index is 714. The molecule has 3 aliphatic heterocycles. The fourth-order valence-electron chi connectivity index (χ4n) is 8.51. The van der Waals surface area contributed by atoms with E-state index in [-0.39, 0.29) is 29.3 Å². The molecule has 0 aromatic heterocycles. The number of esters is 1. The molecule has 3 saturated heterocycles. The lowest BCUT2D eigenvalue weighted by atomic mass is 9.59. The second-order valence-electron chi connectivity index (χ2n) is 12.5. The lowest BCUT2D eigenvalue weighted by Gasteiger charge is -2.56. The van der Waals surface area contributed by atoms with Crippen LogP contribution in [0.2, 0.25) is 0 Å². The Morgan fingerprint density at radius 3 is 2.52 bits per heavy atom. The van der Waals surface area contributed by atoms with E-state index in [1.165, 1.54) is 38.8 Å². The zero-order valence-electron chi connectivity index (χ0n) is 19.2. The summed E-state index contributed by atoms with van der Waals surface area (Å²) >= 11 is 0. The van der Waals surface area contributed by atoms with Crippen LogP contribution in [0.1, 0.15) is 59.8 Å². The molecule has 2 bridgehead atoms. The summed E-state index contributed by atoms with van der Waals surface area (Å²) in [6.45, 7) is 15.1. The SMILES string of the molecule is C[C@H]1CCC[C@]2(C)C[C@H]3OC(=O)C(CN4CC5(C)CN(C)CC(C)(C4)C5)[C@H]3C=C12. The van der Waals surface area contributed by atoms with E-state index < -0.39 is 0 Å². The quantitative estimate of drug-likeness (QED) is 0.519. The summed E-state index contributed by atoms with van der Waals surface area (Å²) in [6, 6.07) is 0. The molecule has 3 heterocycles. The molecule has 0 aromatic carbocycles. The summed E-state index contributed by atoms with van der Waals surface area (Å²) in [5, 5.41) is 0. The van der Waals surface area contributed by atoms with Gasteiger partial charge in [-0.05, 0) is 54.9 Å². The van der Waals surface area contributed by atoms with Crippen molar-refractivity contribution >= 4 is 5.97 Å². The maximum atomic E-state index is 13.0. The lowest BCUT2D eigenvalue weighted by molar-refractivity contribution is -0.146. The molecule has 4 nitrogen and oxygen atoms in total. The molecule has 0 aromatic rings. The van der Waals surface area contributed by atoms with Crippen molar-refractivity contribution in [1.29, 1.82) is 0 Å². The Labute approximate surface area is 177 Å². The standard InChI is InChI=1S/C25H40N2O2/c1-17-7-6-8-25(4)10-21-18(9-20(17)25)19(22(28)29-21)11-27-15-23(2)12-24(3,16-27)14-26(5)13-23/h9,17-19,21H,6-8,10-16H2,1-5H3/t17-,18+,19?,21+,23?,24?,25+/m0/s1. The van der Waals surface area contributed by atoms with Crippen LogP contribution in [0.4, 0.5) is 0 Å². The maximum Gasteiger partial charge on any atom is 0.311 e. The fourth-order valence-corrected chi connectivity index (χ4v) is 8.51. The average molecular weight is 401 g/mol. The molecule has 7 atom stereocenters. The Morgan fingerprint density at radius 2 is 1.83 bits per heavy atom. The molecule has 4 heteroatoms. The van der Waals surface area contributed by atoms with Crippen LogP contribution in [0.25, 0.3) is 0 Å². The number of hydrogen-bond donors (Lipinski definition) is 0. The second-order valence-corrected chi connectivity index (χ2v) is 12.5. The highest BCUT2D eigenvalue weighted by atomic mass is 16.6. The van der Waals surface area contributed by atoms with Gasteiger partial charge in [0.15, 0.2) is 0 Å². The normalized spacial score (nSPS) is 50.5. The second kappa shape index (κ2) is 6.56. The van der Waals surface area contributed by atoms with Gasteiger partial charge in [0.2, 0.25) is 0 Å². The molecule has 3 unspecified atom stereocenters. The van der Waals surface area contributed by atoms with Gasteiger partial charge in [-0.25, -0.2) is 0 Å². The van der Waals surface area contributed by atoms with Crippen LogP contribution in [-0.4, -0.2) is 61.6 Å².